The van der Waals surface area contributed by atoms with Gasteiger partial charge in [-0.15, -0.1) is 0 Å². The van der Waals surface area contributed by atoms with Crippen LogP contribution >= 0.6 is 0 Å². The van der Waals surface area contributed by atoms with Crippen LogP contribution in [0, 0.1) is 0 Å². The van der Waals surface area contributed by atoms with E-state index in [1.807, 2.05) is 30.4 Å². The molecule has 0 aromatic rings. The summed E-state index contributed by atoms with van der Waals surface area (Å²) in [5.74, 6) is -3.42. The average molecular weight is 1070 g/mol. The van der Waals surface area contributed by atoms with Gasteiger partial charge in [0.1, 0.15) is 18.8 Å². The zero-order valence-electron chi connectivity index (χ0n) is 46.9. The third-order valence-electron chi connectivity index (χ3n) is 11.6. The van der Waals surface area contributed by atoms with E-state index in [1.54, 1.807) is 6.08 Å². The average Bonchev–Trinajstić information content (AvgIpc) is 3.43. The summed E-state index contributed by atoms with van der Waals surface area (Å²) < 4.78 is 28.2. The minimum atomic E-state index is -1.95. The first-order valence-corrected chi connectivity index (χ1v) is 28.5. The predicted octanol–water partition coefficient (Wildman–Crippen LogP) is 14.6. The van der Waals surface area contributed by atoms with Gasteiger partial charge in [-0.3, -0.25) is 14.4 Å². The fraction of sp³-hybridized carbons (Fsp3) is 0.538. The van der Waals surface area contributed by atoms with E-state index in [9.17, 15) is 34.5 Å². The molecule has 6 atom stereocenters. The fourth-order valence-corrected chi connectivity index (χ4v) is 7.37. The van der Waals surface area contributed by atoms with Gasteiger partial charge in [-0.2, -0.15) is 0 Å². The Morgan fingerprint density at radius 1 is 0.442 bits per heavy atom. The van der Waals surface area contributed by atoms with Crippen molar-refractivity contribution in [1.29, 1.82) is 0 Å². The van der Waals surface area contributed by atoms with E-state index >= 15 is 0 Å². The number of ether oxygens (including phenoxy) is 5. The number of carbonyl (C=O) groups excluding carboxylic acids is 3. The first-order valence-electron chi connectivity index (χ1n) is 28.5. The minimum Gasteiger partial charge on any atom is -0.479 e. The smallest absolute Gasteiger partial charge is 0.335 e. The molecule has 0 aliphatic carbocycles. The van der Waals surface area contributed by atoms with Gasteiger partial charge in [0, 0.05) is 12.8 Å². The highest BCUT2D eigenvalue weighted by molar-refractivity contribution is 5.74. The lowest BCUT2D eigenvalue weighted by Crippen LogP contribution is -2.61. The van der Waals surface area contributed by atoms with Crippen molar-refractivity contribution in [3.63, 3.8) is 0 Å². The van der Waals surface area contributed by atoms with Gasteiger partial charge in [0.25, 0.3) is 0 Å². The number of carbonyl (C=O) groups is 4. The Morgan fingerprint density at radius 2 is 0.831 bits per heavy atom. The second kappa shape index (κ2) is 51.1. The molecular formula is C65H96O12. The molecule has 0 spiro atoms. The van der Waals surface area contributed by atoms with Crippen LogP contribution < -0.4 is 0 Å². The zero-order valence-corrected chi connectivity index (χ0v) is 46.9. The molecule has 0 amide bonds. The first-order chi connectivity index (χ1) is 37.6. The molecule has 0 bridgehead atoms. The number of hydrogen-bond donors (Lipinski definition) is 3. The molecule has 0 aromatic heterocycles. The van der Waals surface area contributed by atoms with Crippen molar-refractivity contribution in [2.45, 2.75) is 212 Å². The van der Waals surface area contributed by atoms with Crippen molar-refractivity contribution in [3.8, 4) is 0 Å². The maximum atomic E-state index is 13.1. The van der Waals surface area contributed by atoms with Gasteiger partial charge in [-0.1, -0.05) is 198 Å². The summed E-state index contributed by atoms with van der Waals surface area (Å²) in [4.78, 5) is 51.0. The van der Waals surface area contributed by atoms with Gasteiger partial charge in [0.15, 0.2) is 24.6 Å². The van der Waals surface area contributed by atoms with Crippen LogP contribution in [0.15, 0.2) is 158 Å². The summed E-state index contributed by atoms with van der Waals surface area (Å²) in [5, 5.41) is 31.4. The maximum Gasteiger partial charge on any atom is 0.335 e. The lowest BCUT2D eigenvalue weighted by molar-refractivity contribution is -0.301. The van der Waals surface area contributed by atoms with Crippen molar-refractivity contribution in [1.82, 2.24) is 0 Å². The van der Waals surface area contributed by atoms with Crippen molar-refractivity contribution >= 4 is 23.9 Å². The Kier molecular flexibility index (Phi) is 46.0. The van der Waals surface area contributed by atoms with Crippen molar-refractivity contribution in [2.24, 2.45) is 0 Å². The third kappa shape index (κ3) is 41.2. The summed E-state index contributed by atoms with van der Waals surface area (Å²) in [7, 11) is 0. The minimum absolute atomic E-state index is 0.0337. The molecule has 1 aliphatic rings. The highest BCUT2D eigenvalue weighted by Gasteiger charge is 2.50. The molecule has 1 saturated heterocycles. The molecule has 77 heavy (non-hydrogen) atoms. The van der Waals surface area contributed by atoms with Crippen LogP contribution in [0.1, 0.15) is 175 Å². The Morgan fingerprint density at radius 3 is 1.29 bits per heavy atom. The number of aliphatic hydroxyl groups excluding tert-OH is 2. The molecule has 428 valence electrons. The first kappa shape index (κ1) is 69.4. The van der Waals surface area contributed by atoms with Gasteiger partial charge in [0.2, 0.25) is 0 Å². The second-order valence-electron chi connectivity index (χ2n) is 18.4. The molecule has 1 heterocycles. The zero-order chi connectivity index (χ0) is 56.1. The van der Waals surface area contributed by atoms with Crippen molar-refractivity contribution in [2.75, 3.05) is 13.2 Å². The molecule has 0 saturated carbocycles. The van der Waals surface area contributed by atoms with E-state index < -0.39 is 73.9 Å². The van der Waals surface area contributed by atoms with E-state index in [1.165, 1.54) is 0 Å². The van der Waals surface area contributed by atoms with E-state index in [0.29, 0.717) is 25.7 Å². The number of unbranched alkanes of at least 4 members (excludes halogenated alkanes) is 6. The van der Waals surface area contributed by atoms with E-state index in [-0.39, 0.29) is 19.3 Å². The van der Waals surface area contributed by atoms with Crippen LogP contribution in [-0.2, 0) is 42.9 Å². The normalized spacial score (nSPS) is 19.2. The number of carboxylic acid groups (broad SMARTS) is 1. The Bertz CT molecular complexity index is 1940. The number of esters is 3. The molecule has 1 rings (SSSR count). The third-order valence-corrected chi connectivity index (χ3v) is 11.6. The highest BCUT2D eigenvalue weighted by Crippen LogP contribution is 2.26. The van der Waals surface area contributed by atoms with Gasteiger partial charge in [0.05, 0.1) is 13.0 Å². The topological polar surface area (TPSA) is 175 Å². The fourth-order valence-electron chi connectivity index (χ4n) is 7.37. The SMILES string of the molecule is CC/C=C\C/C=C\C/C=C\C/C=C\C/C=C\CCCC(=O)OC1C(OCC(COC(=O)C/C=C\C/C=C\C/C=C\C/C=C\C/C=C\CC)OC(=O)CCCCCCC/C=C\C/C=C\C/C=C\CC)OC(C(=O)O)C(O)C1O. The van der Waals surface area contributed by atoms with Gasteiger partial charge < -0.3 is 39.0 Å². The lowest BCUT2D eigenvalue weighted by atomic mass is 9.98. The molecular weight excluding hydrogens is 973 g/mol. The van der Waals surface area contributed by atoms with E-state index in [0.717, 1.165) is 109 Å². The molecule has 0 radical (unpaired) electrons. The molecule has 3 N–H and O–H groups in total. The monoisotopic (exact) mass is 1070 g/mol. The van der Waals surface area contributed by atoms with Crippen LogP contribution in [0.4, 0.5) is 0 Å². The summed E-state index contributed by atoms with van der Waals surface area (Å²) in [5.41, 5.74) is 0. The predicted molar refractivity (Wildman–Crippen MR) is 312 cm³/mol. The Balaban J connectivity index is 2.82. The molecule has 12 nitrogen and oxygen atoms in total. The van der Waals surface area contributed by atoms with Gasteiger partial charge in [-0.25, -0.2) is 4.79 Å². The van der Waals surface area contributed by atoms with Crippen LogP contribution in [0.5, 0.6) is 0 Å². The van der Waals surface area contributed by atoms with Gasteiger partial charge in [-0.05, 0) is 116 Å². The van der Waals surface area contributed by atoms with Crippen LogP contribution in [0.2, 0.25) is 0 Å². The standard InChI is InChI=1S/C65H96O12/c1-4-7-10-13-16-19-22-25-28-29-32-35-38-41-44-47-50-53-59(68)76-63-61(70)60(69)62(64(71)72)77-65(63)74-55-56(75-58(67)52-49-46-43-40-37-34-31-27-24-21-18-15-12-9-6-3)54-73-57(66)51-48-45-42-39-36-33-30-26-23-20-17-14-11-8-5-2/h7-12,16-21,25-28,30-32,35-36,39,41,44-45,48,56,60-63,65,69-70H,4-6,13-15,22-24,29,33-34,37-38,40,42-43,46-47,49-55H2,1-3H3,(H,71,72)/b10-7-,11-8-,12-9-,19-16-,20-17-,21-18-,28-25-,30-26-,31-27-,35-32-,39-36-,44-41-,48-45-. The van der Waals surface area contributed by atoms with Crippen LogP contribution in [-0.4, -0.2) is 89.2 Å². The number of rotatable bonds is 45. The molecule has 1 aliphatic heterocycles. The molecule has 6 unspecified atom stereocenters. The number of allylic oxidation sites excluding steroid dienone is 25. The maximum absolute atomic E-state index is 13.1. The highest BCUT2D eigenvalue weighted by atomic mass is 16.7. The summed E-state index contributed by atoms with van der Waals surface area (Å²) in [6, 6.07) is 0. The summed E-state index contributed by atoms with van der Waals surface area (Å²) >= 11 is 0. The quantitative estimate of drug-likeness (QED) is 0.0228. The number of hydrogen-bond acceptors (Lipinski definition) is 11. The van der Waals surface area contributed by atoms with Crippen molar-refractivity contribution < 1.29 is 58.2 Å². The number of carboxylic acids is 1. The van der Waals surface area contributed by atoms with E-state index in [4.69, 9.17) is 23.7 Å². The molecule has 1 fully saturated rings. The van der Waals surface area contributed by atoms with Crippen LogP contribution in [0.3, 0.4) is 0 Å². The number of aliphatic carboxylic acids is 1. The Hall–Kier alpha value is -5.66. The summed E-state index contributed by atoms with van der Waals surface area (Å²) in [6.45, 7) is 5.49. The number of aliphatic hydroxyl groups is 2. The molecule has 0 aromatic carbocycles. The lowest BCUT2D eigenvalue weighted by Gasteiger charge is -2.40. The second-order valence-corrected chi connectivity index (χ2v) is 18.4. The van der Waals surface area contributed by atoms with E-state index in [2.05, 4.69) is 142 Å². The van der Waals surface area contributed by atoms with Gasteiger partial charge >= 0.3 is 23.9 Å². The van der Waals surface area contributed by atoms with Crippen molar-refractivity contribution in [3.05, 3.63) is 158 Å². The van der Waals surface area contributed by atoms with Crippen LogP contribution in [0.25, 0.3) is 0 Å². The Labute approximate surface area is 463 Å². The summed E-state index contributed by atoms with van der Waals surface area (Å²) in [6.07, 6.45) is 62.5. The molecule has 12 heteroatoms. The largest absolute Gasteiger partial charge is 0.479 e.